The molecule has 0 radical (unpaired) electrons. The minimum absolute atomic E-state index is 0.300. The van der Waals surface area contributed by atoms with Crippen molar-refractivity contribution in [1.29, 1.82) is 0 Å². The van der Waals surface area contributed by atoms with Gasteiger partial charge in [0, 0.05) is 18.3 Å². The number of nitrogens with zero attached hydrogens (tertiary/aromatic N) is 2. The molecule has 4 nitrogen and oxygen atoms in total. The highest BCUT2D eigenvalue weighted by Gasteiger charge is 2.46. The van der Waals surface area contributed by atoms with E-state index in [4.69, 9.17) is 4.74 Å². The maximum absolute atomic E-state index is 10.8. The Bertz CT molecular complexity index is 382. The van der Waals surface area contributed by atoms with Gasteiger partial charge < -0.3 is 9.84 Å². The van der Waals surface area contributed by atoms with Gasteiger partial charge in [0.2, 0.25) is 0 Å². The Morgan fingerprint density at radius 2 is 2.06 bits per heavy atom. The van der Waals surface area contributed by atoms with Gasteiger partial charge in [-0.2, -0.15) is 0 Å². The van der Waals surface area contributed by atoms with Crippen LogP contribution in [-0.4, -0.2) is 47.3 Å². The Morgan fingerprint density at radius 1 is 1.35 bits per heavy atom. The Morgan fingerprint density at radius 3 is 2.65 bits per heavy atom. The highest BCUT2D eigenvalue weighted by molar-refractivity contribution is 5.16. The summed E-state index contributed by atoms with van der Waals surface area (Å²) in [6.07, 6.45) is 3.16. The zero-order valence-corrected chi connectivity index (χ0v) is 10.0. The van der Waals surface area contributed by atoms with Crippen molar-refractivity contribution in [3.05, 3.63) is 30.1 Å². The van der Waals surface area contributed by atoms with Gasteiger partial charge in [0.25, 0.3) is 0 Å². The molecule has 92 valence electrons. The average Bonchev–Trinajstić information content (AvgIpc) is 2.33. The summed E-state index contributed by atoms with van der Waals surface area (Å²) in [5, 5.41) is 10.8. The van der Waals surface area contributed by atoms with Crippen LogP contribution in [0.25, 0.3) is 0 Å². The van der Waals surface area contributed by atoms with Crippen LogP contribution in [-0.2, 0) is 10.3 Å². The first-order valence-electron chi connectivity index (χ1n) is 6.13. The van der Waals surface area contributed by atoms with E-state index in [0.29, 0.717) is 38.1 Å². The zero-order valence-electron chi connectivity index (χ0n) is 10.0. The number of rotatable bonds is 1. The molecule has 3 heterocycles. The molecule has 0 aliphatic carbocycles. The minimum atomic E-state index is -0.785. The minimum Gasteiger partial charge on any atom is -0.383 e. The van der Waals surface area contributed by atoms with Gasteiger partial charge in [0.15, 0.2) is 0 Å². The van der Waals surface area contributed by atoms with Crippen molar-refractivity contribution >= 4 is 0 Å². The third-order valence-corrected chi connectivity index (χ3v) is 4.06. The number of hydrogen-bond acceptors (Lipinski definition) is 4. The summed E-state index contributed by atoms with van der Waals surface area (Å²) in [6, 6.07) is 6.34. The topological polar surface area (TPSA) is 45.6 Å². The van der Waals surface area contributed by atoms with Crippen molar-refractivity contribution in [2.45, 2.75) is 30.5 Å². The van der Waals surface area contributed by atoms with E-state index in [-0.39, 0.29) is 0 Å². The molecule has 2 aliphatic rings. The monoisotopic (exact) mass is 234 g/mol. The number of likely N-dealkylation sites (N-methyl/N-ethyl adjacent to an activating group) is 1. The number of aromatic nitrogens is 1. The lowest BCUT2D eigenvalue weighted by molar-refractivity contribution is -0.139. The van der Waals surface area contributed by atoms with Gasteiger partial charge in [-0.3, -0.25) is 9.88 Å². The van der Waals surface area contributed by atoms with E-state index in [2.05, 4.69) is 16.9 Å². The second-order valence-electron chi connectivity index (χ2n) is 5.17. The fourth-order valence-corrected chi connectivity index (χ4v) is 2.99. The molecular formula is C13H18N2O2. The molecule has 2 aliphatic heterocycles. The lowest BCUT2D eigenvalue weighted by atomic mass is 9.79. The van der Waals surface area contributed by atoms with Crippen molar-refractivity contribution in [2.24, 2.45) is 0 Å². The first-order chi connectivity index (χ1) is 8.19. The van der Waals surface area contributed by atoms with Crippen molar-refractivity contribution in [3.63, 3.8) is 0 Å². The number of hydrogen-bond donors (Lipinski definition) is 1. The fourth-order valence-electron chi connectivity index (χ4n) is 2.99. The smallest absolute Gasteiger partial charge is 0.110 e. The fraction of sp³-hybridized carbons (Fsp3) is 0.615. The normalized spacial score (nSPS) is 38.0. The van der Waals surface area contributed by atoms with E-state index < -0.39 is 5.60 Å². The van der Waals surface area contributed by atoms with E-state index in [1.807, 2.05) is 18.2 Å². The van der Waals surface area contributed by atoms with Gasteiger partial charge in [0.1, 0.15) is 5.60 Å². The maximum Gasteiger partial charge on any atom is 0.110 e. The van der Waals surface area contributed by atoms with Crippen molar-refractivity contribution < 1.29 is 9.84 Å². The Kier molecular flexibility index (Phi) is 2.65. The molecule has 2 atom stereocenters. The first-order valence-corrected chi connectivity index (χ1v) is 6.13. The van der Waals surface area contributed by atoms with Gasteiger partial charge in [-0.15, -0.1) is 0 Å². The molecule has 2 saturated heterocycles. The van der Waals surface area contributed by atoms with Crippen LogP contribution in [0.15, 0.2) is 24.4 Å². The molecule has 0 aromatic carbocycles. The third-order valence-electron chi connectivity index (χ3n) is 4.06. The summed E-state index contributed by atoms with van der Waals surface area (Å²) in [6.45, 7) is 1.42. The van der Waals surface area contributed by atoms with Crippen LogP contribution in [0.1, 0.15) is 18.5 Å². The number of ether oxygens (including phenoxy) is 1. The molecule has 2 bridgehead atoms. The van der Waals surface area contributed by atoms with Crippen LogP contribution >= 0.6 is 0 Å². The second-order valence-corrected chi connectivity index (χ2v) is 5.17. The van der Waals surface area contributed by atoms with Crippen LogP contribution in [0.4, 0.5) is 0 Å². The summed E-state index contributed by atoms with van der Waals surface area (Å²) < 4.78 is 5.56. The highest BCUT2D eigenvalue weighted by Crippen LogP contribution is 2.39. The van der Waals surface area contributed by atoms with Crippen LogP contribution in [0.2, 0.25) is 0 Å². The lowest BCUT2D eigenvalue weighted by Crippen LogP contribution is -2.59. The van der Waals surface area contributed by atoms with E-state index in [1.165, 1.54) is 0 Å². The standard InChI is InChI=1S/C13H18N2O2/c1-15-10-6-13(16,7-11(15)9-17-8-10)12-4-2-3-5-14-12/h2-5,10-11,16H,6-9H2,1H3. The molecule has 0 amide bonds. The van der Waals surface area contributed by atoms with Crippen LogP contribution in [0.5, 0.6) is 0 Å². The molecular weight excluding hydrogens is 216 g/mol. The molecule has 17 heavy (non-hydrogen) atoms. The second kappa shape index (κ2) is 4.05. The molecule has 4 heteroatoms. The number of aliphatic hydroxyl groups is 1. The van der Waals surface area contributed by atoms with Gasteiger partial charge in [-0.25, -0.2) is 0 Å². The van der Waals surface area contributed by atoms with E-state index in [9.17, 15) is 5.11 Å². The van der Waals surface area contributed by atoms with Gasteiger partial charge in [-0.1, -0.05) is 6.07 Å². The number of morpholine rings is 1. The maximum atomic E-state index is 10.8. The number of fused-ring (bicyclic) bond motifs is 2. The summed E-state index contributed by atoms with van der Waals surface area (Å²) in [4.78, 5) is 6.65. The SMILES string of the molecule is CN1C2COCC1CC(O)(c1ccccn1)C2. The lowest BCUT2D eigenvalue weighted by Gasteiger charge is -2.49. The van der Waals surface area contributed by atoms with Gasteiger partial charge in [0.05, 0.1) is 18.9 Å². The predicted octanol–water partition coefficient (Wildman–Crippen LogP) is 0.762. The quantitative estimate of drug-likeness (QED) is 0.779. The molecule has 0 spiro atoms. The summed E-state index contributed by atoms with van der Waals surface area (Å²) in [5.74, 6) is 0. The Labute approximate surface area is 101 Å². The summed E-state index contributed by atoms with van der Waals surface area (Å²) in [7, 11) is 2.12. The predicted molar refractivity (Wildman–Crippen MR) is 63.5 cm³/mol. The summed E-state index contributed by atoms with van der Waals surface area (Å²) in [5.41, 5.74) is 0.0115. The van der Waals surface area contributed by atoms with Gasteiger partial charge in [-0.05, 0) is 32.0 Å². The number of pyridine rings is 1. The van der Waals surface area contributed by atoms with Crippen LogP contribution in [0, 0.1) is 0 Å². The molecule has 2 fully saturated rings. The van der Waals surface area contributed by atoms with Crippen molar-refractivity contribution in [3.8, 4) is 0 Å². The Hall–Kier alpha value is -0.970. The van der Waals surface area contributed by atoms with E-state index >= 15 is 0 Å². The van der Waals surface area contributed by atoms with E-state index in [1.54, 1.807) is 6.20 Å². The molecule has 1 aromatic rings. The van der Waals surface area contributed by atoms with Crippen LogP contribution < -0.4 is 0 Å². The molecule has 3 rings (SSSR count). The number of piperidine rings is 1. The highest BCUT2D eigenvalue weighted by atomic mass is 16.5. The molecule has 2 unspecified atom stereocenters. The third kappa shape index (κ3) is 1.86. The summed E-state index contributed by atoms with van der Waals surface area (Å²) >= 11 is 0. The molecule has 1 N–H and O–H groups in total. The van der Waals surface area contributed by atoms with E-state index in [0.717, 1.165) is 5.69 Å². The van der Waals surface area contributed by atoms with Crippen molar-refractivity contribution in [2.75, 3.05) is 20.3 Å². The first kappa shape index (κ1) is 11.1. The van der Waals surface area contributed by atoms with Crippen LogP contribution in [0.3, 0.4) is 0 Å². The van der Waals surface area contributed by atoms with Gasteiger partial charge >= 0.3 is 0 Å². The molecule has 0 saturated carbocycles. The van der Waals surface area contributed by atoms with Crippen molar-refractivity contribution in [1.82, 2.24) is 9.88 Å². The molecule has 1 aromatic heterocycles. The Balaban J connectivity index is 1.90. The zero-order chi connectivity index (χ0) is 11.9. The largest absolute Gasteiger partial charge is 0.383 e. The average molecular weight is 234 g/mol.